The summed E-state index contributed by atoms with van der Waals surface area (Å²) in [5.74, 6) is -0.137. The predicted molar refractivity (Wildman–Crippen MR) is 98.1 cm³/mol. The van der Waals surface area contributed by atoms with Crippen molar-refractivity contribution in [3.05, 3.63) is 66.1 Å². The first-order valence-electron chi connectivity index (χ1n) is 8.03. The molecule has 0 unspecified atom stereocenters. The number of rotatable bonds is 6. The lowest BCUT2D eigenvalue weighted by atomic mass is 10.2. The van der Waals surface area contributed by atoms with Crippen LogP contribution in [-0.2, 0) is 12.8 Å². The summed E-state index contributed by atoms with van der Waals surface area (Å²) in [5.41, 5.74) is 1.76. The Balaban J connectivity index is 1.68. The molecule has 0 bridgehead atoms. The van der Waals surface area contributed by atoms with Crippen molar-refractivity contribution in [1.82, 2.24) is 14.8 Å². The lowest BCUT2D eigenvalue weighted by Gasteiger charge is -2.10. The van der Waals surface area contributed by atoms with Gasteiger partial charge in [0.25, 0.3) is 5.91 Å². The number of halogens is 3. The highest BCUT2D eigenvalue weighted by Crippen LogP contribution is 2.27. The van der Waals surface area contributed by atoms with Crippen LogP contribution in [0.4, 0.5) is 18.9 Å². The number of nitrogens with one attached hydrogen (secondary N) is 1. The van der Waals surface area contributed by atoms with Gasteiger partial charge in [-0.15, -0.1) is 24.9 Å². The van der Waals surface area contributed by atoms with Crippen LogP contribution in [0.3, 0.4) is 0 Å². The van der Waals surface area contributed by atoms with Crippen molar-refractivity contribution in [1.29, 1.82) is 0 Å². The number of carbonyl (C=O) groups is 1. The largest absolute Gasteiger partial charge is 0.573 e. The second-order valence-electron chi connectivity index (χ2n) is 5.66. The molecule has 0 atom stereocenters. The van der Waals surface area contributed by atoms with Gasteiger partial charge in [0.2, 0.25) is 0 Å². The number of alkyl halides is 3. The van der Waals surface area contributed by atoms with E-state index >= 15 is 0 Å². The van der Waals surface area contributed by atoms with Gasteiger partial charge in [0, 0.05) is 30.9 Å². The van der Waals surface area contributed by atoms with Crippen molar-refractivity contribution < 1.29 is 22.7 Å². The van der Waals surface area contributed by atoms with E-state index < -0.39 is 12.3 Å². The van der Waals surface area contributed by atoms with E-state index in [1.165, 1.54) is 30.1 Å². The van der Waals surface area contributed by atoms with Crippen molar-refractivity contribution in [2.24, 2.45) is 7.05 Å². The first kappa shape index (κ1) is 19.7. The molecular formula is C18H15F3N4O2S. The smallest absolute Gasteiger partial charge is 0.406 e. The molecule has 0 radical (unpaired) electrons. The van der Waals surface area contributed by atoms with Gasteiger partial charge in [0.05, 0.1) is 11.8 Å². The first-order chi connectivity index (χ1) is 13.3. The molecule has 3 aromatic rings. The van der Waals surface area contributed by atoms with Gasteiger partial charge in [0.15, 0.2) is 0 Å². The number of pyridine rings is 1. The summed E-state index contributed by atoms with van der Waals surface area (Å²) in [4.78, 5) is 16.5. The Morgan fingerprint density at radius 2 is 1.86 bits per heavy atom. The van der Waals surface area contributed by atoms with E-state index in [0.29, 0.717) is 22.0 Å². The summed E-state index contributed by atoms with van der Waals surface area (Å²) in [6.07, 6.45) is 0.0740. The zero-order chi connectivity index (χ0) is 20.1. The molecule has 0 spiro atoms. The molecule has 6 nitrogen and oxygen atoms in total. The van der Waals surface area contributed by atoms with E-state index in [1.54, 1.807) is 24.1 Å². The van der Waals surface area contributed by atoms with Gasteiger partial charge < -0.3 is 10.1 Å². The normalized spacial score (nSPS) is 11.3. The van der Waals surface area contributed by atoms with Crippen molar-refractivity contribution in [3.8, 4) is 5.75 Å². The van der Waals surface area contributed by atoms with E-state index in [-0.39, 0.29) is 5.75 Å². The third-order valence-electron chi connectivity index (χ3n) is 3.60. The summed E-state index contributed by atoms with van der Waals surface area (Å²) < 4.78 is 42.0. The molecule has 0 aliphatic heterocycles. The minimum atomic E-state index is -4.76. The van der Waals surface area contributed by atoms with Gasteiger partial charge in [-0.05, 0) is 42.0 Å². The maximum atomic E-state index is 12.6. The third kappa shape index (κ3) is 5.26. The first-order valence-corrected chi connectivity index (χ1v) is 9.01. The van der Waals surface area contributed by atoms with Crippen molar-refractivity contribution in [3.63, 3.8) is 0 Å². The number of benzene rings is 1. The average molecular weight is 408 g/mol. The number of carbonyl (C=O) groups excluding carboxylic acids is 1. The molecule has 1 N–H and O–H groups in total. The average Bonchev–Trinajstić information content (AvgIpc) is 3.02. The third-order valence-corrected chi connectivity index (χ3v) is 4.83. The van der Waals surface area contributed by atoms with Crippen LogP contribution in [0.1, 0.15) is 15.9 Å². The van der Waals surface area contributed by atoms with Crippen LogP contribution < -0.4 is 10.1 Å². The lowest BCUT2D eigenvalue weighted by molar-refractivity contribution is -0.274. The minimum Gasteiger partial charge on any atom is -0.406 e. The second kappa shape index (κ2) is 8.34. The molecule has 2 heterocycles. The monoisotopic (exact) mass is 408 g/mol. The van der Waals surface area contributed by atoms with Gasteiger partial charge in [-0.25, -0.2) is 0 Å². The molecule has 1 aromatic carbocycles. The van der Waals surface area contributed by atoms with Crippen LogP contribution in [0.25, 0.3) is 0 Å². The number of aryl methyl sites for hydroxylation is 1. The fourth-order valence-electron chi connectivity index (χ4n) is 2.32. The van der Waals surface area contributed by atoms with Gasteiger partial charge in [-0.2, -0.15) is 5.10 Å². The maximum absolute atomic E-state index is 12.6. The number of hydrogen-bond acceptors (Lipinski definition) is 5. The highest BCUT2D eigenvalue weighted by Gasteiger charge is 2.31. The lowest BCUT2D eigenvalue weighted by Crippen LogP contribution is -2.17. The fraction of sp³-hybridized carbons (Fsp3) is 0.167. The topological polar surface area (TPSA) is 69.0 Å². The summed E-state index contributed by atoms with van der Waals surface area (Å²) in [6.45, 7) is 0. The molecule has 146 valence electrons. The maximum Gasteiger partial charge on any atom is 0.573 e. The van der Waals surface area contributed by atoms with E-state index in [9.17, 15) is 18.0 Å². The molecule has 0 aliphatic rings. The Morgan fingerprint density at radius 1 is 1.18 bits per heavy atom. The predicted octanol–water partition coefficient (Wildman–Crippen LogP) is 4.26. The van der Waals surface area contributed by atoms with Gasteiger partial charge >= 0.3 is 6.36 Å². The molecule has 1 amide bonds. The minimum absolute atomic E-state index is 0.341. The summed E-state index contributed by atoms with van der Waals surface area (Å²) in [7, 11) is 1.73. The van der Waals surface area contributed by atoms with Crippen LogP contribution in [0.5, 0.6) is 5.75 Å². The molecule has 2 aromatic heterocycles. The molecule has 28 heavy (non-hydrogen) atoms. The quantitative estimate of drug-likeness (QED) is 0.618. The zero-order valence-corrected chi connectivity index (χ0v) is 15.4. The summed E-state index contributed by atoms with van der Waals surface area (Å²) in [6, 6.07) is 8.69. The molecular weight excluding hydrogens is 393 g/mol. The van der Waals surface area contributed by atoms with Crippen LogP contribution in [0, 0.1) is 0 Å². The Labute approximate surface area is 162 Å². The molecule has 10 heteroatoms. The van der Waals surface area contributed by atoms with Crippen molar-refractivity contribution in [2.45, 2.75) is 17.1 Å². The van der Waals surface area contributed by atoms with Crippen LogP contribution in [0.2, 0.25) is 0 Å². The molecule has 0 aliphatic carbocycles. The molecule has 0 fully saturated rings. The van der Waals surface area contributed by atoms with Crippen molar-refractivity contribution >= 4 is 23.4 Å². The highest BCUT2D eigenvalue weighted by atomic mass is 32.2. The van der Waals surface area contributed by atoms with E-state index in [2.05, 4.69) is 20.1 Å². The number of anilines is 1. The number of ether oxygens (including phenoxy) is 1. The number of amides is 1. The Kier molecular flexibility index (Phi) is 5.88. The number of aromatic nitrogens is 3. The summed E-state index contributed by atoms with van der Waals surface area (Å²) >= 11 is 1.45. The van der Waals surface area contributed by atoms with Gasteiger partial charge in [-0.3, -0.25) is 14.5 Å². The van der Waals surface area contributed by atoms with Crippen LogP contribution in [0.15, 0.2) is 60.0 Å². The Bertz CT molecular complexity index is 944. The highest BCUT2D eigenvalue weighted by molar-refractivity contribution is 7.98. The van der Waals surface area contributed by atoms with Crippen molar-refractivity contribution in [2.75, 3.05) is 5.32 Å². The van der Waals surface area contributed by atoms with E-state index in [4.69, 9.17) is 0 Å². The Morgan fingerprint density at radius 3 is 2.50 bits per heavy atom. The SMILES string of the molecule is Cn1ncc(C(=O)Nc2ccc(OC(F)(F)F)cc2)c1SCc1ccncc1. The standard InChI is InChI=1S/C18H15F3N4O2S/c1-25-17(28-11-12-6-8-22-9-7-12)15(10-23-25)16(26)24-13-2-4-14(5-3-13)27-18(19,20)21/h2-10H,11H2,1H3,(H,24,26). The molecule has 0 saturated heterocycles. The summed E-state index contributed by atoms with van der Waals surface area (Å²) in [5, 5.41) is 7.44. The van der Waals surface area contributed by atoms with Crippen LogP contribution in [-0.4, -0.2) is 27.0 Å². The molecule has 3 rings (SSSR count). The van der Waals surface area contributed by atoms with Gasteiger partial charge in [0.1, 0.15) is 10.8 Å². The fourth-order valence-corrected chi connectivity index (χ4v) is 3.35. The second-order valence-corrected chi connectivity index (χ2v) is 6.62. The number of hydrogen-bond donors (Lipinski definition) is 1. The number of nitrogens with zero attached hydrogens (tertiary/aromatic N) is 3. The van der Waals surface area contributed by atoms with Crippen LogP contribution >= 0.6 is 11.8 Å². The number of thioether (sulfide) groups is 1. The Hall–Kier alpha value is -3.01. The molecule has 0 saturated carbocycles. The van der Waals surface area contributed by atoms with Gasteiger partial charge in [-0.1, -0.05) is 0 Å². The van der Waals surface area contributed by atoms with E-state index in [0.717, 1.165) is 17.7 Å². The van der Waals surface area contributed by atoms with E-state index in [1.807, 2.05) is 12.1 Å². The zero-order valence-electron chi connectivity index (χ0n) is 14.6.